The fourth-order valence-electron chi connectivity index (χ4n) is 1.89. The molecule has 2 atom stereocenters. The predicted octanol–water partition coefficient (Wildman–Crippen LogP) is 2.04. The van der Waals surface area contributed by atoms with Gasteiger partial charge in [-0.3, -0.25) is 0 Å². The van der Waals surface area contributed by atoms with Crippen LogP contribution >= 0.6 is 0 Å². The summed E-state index contributed by atoms with van der Waals surface area (Å²) in [5.74, 6) is 0.967. The van der Waals surface area contributed by atoms with E-state index in [4.69, 9.17) is 10.2 Å². The van der Waals surface area contributed by atoms with Crippen LogP contribution in [0.3, 0.4) is 0 Å². The summed E-state index contributed by atoms with van der Waals surface area (Å²) < 4.78 is 32.6. The van der Waals surface area contributed by atoms with E-state index in [2.05, 4.69) is 9.71 Å². The number of rotatable bonds is 5. The lowest BCUT2D eigenvalue weighted by atomic mass is 10.1. The van der Waals surface area contributed by atoms with Crippen molar-refractivity contribution in [3.63, 3.8) is 0 Å². The van der Waals surface area contributed by atoms with E-state index >= 15 is 0 Å². The van der Waals surface area contributed by atoms with Crippen molar-refractivity contribution in [3.8, 4) is 0 Å². The van der Waals surface area contributed by atoms with Crippen molar-refractivity contribution in [3.05, 3.63) is 47.7 Å². The van der Waals surface area contributed by atoms with Crippen LogP contribution in [0.25, 0.3) is 0 Å². The van der Waals surface area contributed by atoms with Crippen LogP contribution in [-0.4, -0.2) is 13.4 Å². The molecule has 21 heavy (non-hydrogen) atoms. The Labute approximate surface area is 124 Å². The van der Waals surface area contributed by atoms with Crippen molar-refractivity contribution in [1.82, 2.24) is 9.71 Å². The van der Waals surface area contributed by atoms with Crippen LogP contribution < -0.4 is 10.5 Å². The molecular weight excluding hydrogens is 290 g/mol. The van der Waals surface area contributed by atoms with Gasteiger partial charge in [-0.05, 0) is 38.5 Å². The molecule has 114 valence electrons. The molecule has 0 fully saturated rings. The SMILES string of the molecule is Cc1cnc(C(C)NS(=O)(=O)c2cccc(C(C)N)c2)o1. The summed E-state index contributed by atoms with van der Waals surface area (Å²) in [7, 11) is -3.66. The second-order valence-corrected chi connectivity index (χ2v) is 6.73. The van der Waals surface area contributed by atoms with Crippen LogP contribution in [0.1, 0.15) is 43.1 Å². The molecule has 0 saturated carbocycles. The Morgan fingerprint density at radius 1 is 1.33 bits per heavy atom. The zero-order valence-corrected chi connectivity index (χ0v) is 13.0. The molecule has 1 aromatic carbocycles. The molecule has 1 aromatic heterocycles. The highest BCUT2D eigenvalue weighted by atomic mass is 32.2. The maximum absolute atomic E-state index is 12.4. The Bertz CT molecular complexity index is 723. The summed E-state index contributed by atoms with van der Waals surface area (Å²) in [4.78, 5) is 4.20. The van der Waals surface area contributed by atoms with Gasteiger partial charge in [0, 0.05) is 6.04 Å². The lowest BCUT2D eigenvalue weighted by molar-refractivity contribution is 0.428. The smallest absolute Gasteiger partial charge is 0.241 e. The van der Waals surface area contributed by atoms with Crippen LogP contribution in [0.5, 0.6) is 0 Å². The van der Waals surface area contributed by atoms with E-state index in [1.807, 2.05) is 0 Å². The second-order valence-electron chi connectivity index (χ2n) is 5.01. The number of hydrogen-bond donors (Lipinski definition) is 2. The Balaban J connectivity index is 2.24. The number of benzene rings is 1. The first-order chi connectivity index (χ1) is 9.79. The van der Waals surface area contributed by atoms with Gasteiger partial charge >= 0.3 is 0 Å². The summed E-state index contributed by atoms with van der Waals surface area (Å²) in [5, 5.41) is 0. The summed E-state index contributed by atoms with van der Waals surface area (Å²) in [6.45, 7) is 5.24. The molecule has 1 heterocycles. The molecule has 0 radical (unpaired) electrons. The highest BCUT2D eigenvalue weighted by molar-refractivity contribution is 7.89. The number of nitrogens with two attached hydrogens (primary N) is 1. The van der Waals surface area contributed by atoms with Crippen LogP contribution in [0.2, 0.25) is 0 Å². The van der Waals surface area contributed by atoms with Crippen LogP contribution in [0, 0.1) is 6.92 Å². The number of nitrogens with zero attached hydrogens (tertiary/aromatic N) is 1. The van der Waals surface area contributed by atoms with E-state index in [9.17, 15) is 8.42 Å². The molecule has 6 nitrogen and oxygen atoms in total. The quantitative estimate of drug-likeness (QED) is 0.880. The van der Waals surface area contributed by atoms with Crippen molar-refractivity contribution in [2.24, 2.45) is 5.73 Å². The fourth-order valence-corrected chi connectivity index (χ4v) is 3.14. The molecule has 2 rings (SSSR count). The molecular formula is C14H19N3O3S. The molecule has 0 amide bonds. The average Bonchev–Trinajstić information content (AvgIpc) is 2.85. The third-order valence-electron chi connectivity index (χ3n) is 3.04. The van der Waals surface area contributed by atoms with Crippen molar-refractivity contribution < 1.29 is 12.8 Å². The maximum atomic E-state index is 12.4. The minimum Gasteiger partial charge on any atom is -0.444 e. The number of hydrogen-bond acceptors (Lipinski definition) is 5. The number of aromatic nitrogens is 1. The zero-order chi connectivity index (χ0) is 15.6. The van der Waals surface area contributed by atoms with E-state index in [0.29, 0.717) is 11.7 Å². The van der Waals surface area contributed by atoms with Gasteiger partial charge in [-0.2, -0.15) is 4.72 Å². The van der Waals surface area contributed by atoms with Crippen molar-refractivity contribution in [1.29, 1.82) is 0 Å². The minimum atomic E-state index is -3.66. The van der Waals surface area contributed by atoms with Crippen molar-refractivity contribution in [2.45, 2.75) is 37.8 Å². The van der Waals surface area contributed by atoms with Gasteiger partial charge in [0.1, 0.15) is 5.76 Å². The number of sulfonamides is 1. The van der Waals surface area contributed by atoms with E-state index in [1.54, 1.807) is 45.2 Å². The lowest BCUT2D eigenvalue weighted by Crippen LogP contribution is -2.27. The van der Waals surface area contributed by atoms with Crippen LogP contribution in [-0.2, 0) is 10.0 Å². The first-order valence-corrected chi connectivity index (χ1v) is 8.08. The minimum absolute atomic E-state index is 0.174. The van der Waals surface area contributed by atoms with Gasteiger partial charge in [0.25, 0.3) is 0 Å². The van der Waals surface area contributed by atoms with E-state index in [1.165, 1.54) is 6.07 Å². The Morgan fingerprint density at radius 3 is 2.62 bits per heavy atom. The summed E-state index contributed by atoms with van der Waals surface area (Å²) in [6, 6.07) is 5.79. The normalized spacial score (nSPS) is 14.9. The van der Waals surface area contributed by atoms with Gasteiger partial charge in [0.2, 0.25) is 15.9 Å². The van der Waals surface area contributed by atoms with Crippen LogP contribution in [0.4, 0.5) is 0 Å². The van der Waals surface area contributed by atoms with Gasteiger partial charge < -0.3 is 10.2 Å². The number of oxazole rings is 1. The number of aryl methyl sites for hydroxylation is 1. The first kappa shape index (κ1) is 15.7. The molecule has 0 saturated heterocycles. The average molecular weight is 309 g/mol. The monoisotopic (exact) mass is 309 g/mol. The highest BCUT2D eigenvalue weighted by Gasteiger charge is 2.21. The lowest BCUT2D eigenvalue weighted by Gasteiger charge is -2.13. The van der Waals surface area contributed by atoms with E-state index in [-0.39, 0.29) is 10.9 Å². The Hall–Kier alpha value is -1.70. The largest absolute Gasteiger partial charge is 0.444 e. The Kier molecular flexibility index (Phi) is 4.46. The van der Waals surface area contributed by atoms with Gasteiger partial charge in [0.05, 0.1) is 17.1 Å². The van der Waals surface area contributed by atoms with Gasteiger partial charge in [-0.1, -0.05) is 12.1 Å². The van der Waals surface area contributed by atoms with E-state index < -0.39 is 16.1 Å². The number of nitrogens with one attached hydrogen (secondary N) is 1. The Morgan fingerprint density at radius 2 is 2.05 bits per heavy atom. The van der Waals surface area contributed by atoms with Crippen molar-refractivity contribution >= 4 is 10.0 Å². The summed E-state index contributed by atoms with van der Waals surface area (Å²) >= 11 is 0. The third kappa shape index (κ3) is 3.69. The molecule has 2 unspecified atom stereocenters. The van der Waals surface area contributed by atoms with Crippen molar-refractivity contribution in [2.75, 3.05) is 0 Å². The predicted molar refractivity (Wildman–Crippen MR) is 79.0 cm³/mol. The molecule has 0 spiro atoms. The standard InChI is InChI=1S/C14H19N3O3S/c1-9-8-16-14(20-9)11(3)17-21(18,19)13-6-4-5-12(7-13)10(2)15/h4-8,10-11,17H,15H2,1-3H3. The molecule has 0 aliphatic carbocycles. The molecule has 7 heteroatoms. The first-order valence-electron chi connectivity index (χ1n) is 6.60. The van der Waals surface area contributed by atoms with Gasteiger partial charge in [-0.15, -0.1) is 0 Å². The molecule has 0 aliphatic heterocycles. The molecule has 0 aliphatic rings. The highest BCUT2D eigenvalue weighted by Crippen LogP contribution is 2.19. The van der Waals surface area contributed by atoms with Crippen LogP contribution in [0.15, 0.2) is 39.8 Å². The van der Waals surface area contributed by atoms with Gasteiger partial charge in [-0.25, -0.2) is 13.4 Å². The van der Waals surface area contributed by atoms with Gasteiger partial charge in [0.15, 0.2) is 0 Å². The van der Waals surface area contributed by atoms with E-state index in [0.717, 1.165) is 5.56 Å². The summed E-state index contributed by atoms with van der Waals surface area (Å²) in [6.07, 6.45) is 1.55. The zero-order valence-electron chi connectivity index (χ0n) is 12.2. The fraction of sp³-hybridized carbons (Fsp3) is 0.357. The third-order valence-corrected chi connectivity index (χ3v) is 4.57. The molecule has 0 bridgehead atoms. The molecule has 3 N–H and O–H groups in total. The topological polar surface area (TPSA) is 98.2 Å². The molecule has 2 aromatic rings. The maximum Gasteiger partial charge on any atom is 0.241 e. The summed E-state index contributed by atoms with van der Waals surface area (Å²) in [5.41, 5.74) is 6.54. The second kappa shape index (κ2) is 5.97.